The molecule has 21 heavy (non-hydrogen) atoms. The molecule has 0 aliphatic heterocycles. The molecule has 0 fully saturated rings. The molecule has 1 aromatic heterocycles. The van der Waals surface area contributed by atoms with E-state index < -0.39 is 0 Å². The van der Waals surface area contributed by atoms with Crippen LogP contribution < -0.4 is 4.90 Å². The quantitative estimate of drug-likeness (QED) is 0.849. The molecule has 1 amide bonds. The molecule has 0 aliphatic rings. The monoisotopic (exact) mass is 283 g/mol. The van der Waals surface area contributed by atoms with E-state index in [0.717, 1.165) is 22.5 Å². The topological polar surface area (TPSA) is 38.1 Å². The van der Waals surface area contributed by atoms with E-state index in [2.05, 4.69) is 11.6 Å². The SMILES string of the molecule is C=C(C(C)C)N(C(=O)n1ccnc1)c1c(C)cccc1C. The number of amides is 1. The maximum atomic E-state index is 12.8. The van der Waals surface area contributed by atoms with E-state index in [4.69, 9.17) is 0 Å². The minimum Gasteiger partial charge on any atom is -0.266 e. The number of hydrogen-bond acceptors (Lipinski definition) is 2. The van der Waals surface area contributed by atoms with Crippen LogP contribution >= 0.6 is 0 Å². The van der Waals surface area contributed by atoms with Crippen molar-refractivity contribution in [3.63, 3.8) is 0 Å². The smallest absolute Gasteiger partial charge is 0.266 e. The molecule has 4 nitrogen and oxygen atoms in total. The zero-order valence-electron chi connectivity index (χ0n) is 13.0. The molecule has 0 unspecified atom stereocenters. The van der Waals surface area contributed by atoms with Crippen molar-refractivity contribution < 1.29 is 4.79 Å². The summed E-state index contributed by atoms with van der Waals surface area (Å²) in [6.07, 6.45) is 4.76. The summed E-state index contributed by atoms with van der Waals surface area (Å²) in [6, 6.07) is 5.84. The molecule has 2 aromatic rings. The van der Waals surface area contributed by atoms with Gasteiger partial charge in [-0.15, -0.1) is 0 Å². The highest BCUT2D eigenvalue weighted by atomic mass is 16.2. The fourth-order valence-corrected chi connectivity index (χ4v) is 2.27. The van der Waals surface area contributed by atoms with Crippen LogP contribution in [0.1, 0.15) is 25.0 Å². The summed E-state index contributed by atoms with van der Waals surface area (Å²) >= 11 is 0. The number of rotatable bonds is 3. The summed E-state index contributed by atoms with van der Waals surface area (Å²) in [4.78, 5) is 18.5. The summed E-state index contributed by atoms with van der Waals surface area (Å²) in [7, 11) is 0. The second-order valence-corrected chi connectivity index (χ2v) is 5.47. The van der Waals surface area contributed by atoms with Gasteiger partial charge in [0.2, 0.25) is 0 Å². The second kappa shape index (κ2) is 5.95. The van der Waals surface area contributed by atoms with E-state index >= 15 is 0 Å². The van der Waals surface area contributed by atoms with Gasteiger partial charge in [0.1, 0.15) is 6.33 Å². The molecule has 0 N–H and O–H groups in total. The Morgan fingerprint density at radius 3 is 2.38 bits per heavy atom. The number of anilines is 1. The van der Waals surface area contributed by atoms with Gasteiger partial charge in [0, 0.05) is 18.1 Å². The maximum Gasteiger partial charge on any atom is 0.338 e. The lowest BCUT2D eigenvalue weighted by molar-refractivity contribution is 0.248. The minimum atomic E-state index is -0.163. The molecular weight excluding hydrogens is 262 g/mol. The Bertz CT molecular complexity index is 636. The van der Waals surface area contributed by atoms with Gasteiger partial charge in [-0.2, -0.15) is 0 Å². The predicted octanol–water partition coefficient (Wildman–Crippen LogP) is 4.14. The first-order chi connectivity index (χ1) is 9.93. The third-order valence-electron chi connectivity index (χ3n) is 3.53. The van der Waals surface area contributed by atoms with Crippen LogP contribution in [0, 0.1) is 19.8 Å². The second-order valence-electron chi connectivity index (χ2n) is 5.47. The van der Waals surface area contributed by atoms with Crippen molar-refractivity contribution in [3.8, 4) is 0 Å². The Morgan fingerprint density at radius 1 is 1.29 bits per heavy atom. The largest absolute Gasteiger partial charge is 0.338 e. The zero-order chi connectivity index (χ0) is 15.6. The Balaban J connectivity index is 2.57. The highest BCUT2D eigenvalue weighted by Gasteiger charge is 2.24. The van der Waals surface area contributed by atoms with Crippen LogP contribution in [0.5, 0.6) is 0 Å². The van der Waals surface area contributed by atoms with Crippen molar-refractivity contribution in [2.45, 2.75) is 27.7 Å². The number of aromatic nitrogens is 2. The summed E-state index contributed by atoms with van der Waals surface area (Å²) in [5.74, 6) is 0.163. The van der Waals surface area contributed by atoms with Gasteiger partial charge in [-0.05, 0) is 30.9 Å². The summed E-state index contributed by atoms with van der Waals surface area (Å²) in [5.41, 5.74) is 3.76. The first-order valence-corrected chi connectivity index (χ1v) is 7.01. The van der Waals surface area contributed by atoms with E-state index in [1.807, 2.05) is 45.9 Å². The van der Waals surface area contributed by atoms with Gasteiger partial charge in [0.15, 0.2) is 0 Å². The van der Waals surface area contributed by atoms with E-state index in [9.17, 15) is 4.79 Å². The normalized spacial score (nSPS) is 10.7. The molecule has 0 bridgehead atoms. The molecule has 2 rings (SSSR count). The lowest BCUT2D eigenvalue weighted by Crippen LogP contribution is -2.35. The number of imidazole rings is 1. The lowest BCUT2D eigenvalue weighted by Gasteiger charge is -2.29. The molecule has 0 aliphatic carbocycles. The van der Waals surface area contributed by atoms with Crippen molar-refractivity contribution in [3.05, 3.63) is 60.3 Å². The van der Waals surface area contributed by atoms with Crippen LogP contribution in [-0.2, 0) is 0 Å². The van der Waals surface area contributed by atoms with Gasteiger partial charge in [0.05, 0.1) is 5.69 Å². The third kappa shape index (κ3) is 2.89. The minimum absolute atomic E-state index is 0.163. The zero-order valence-corrected chi connectivity index (χ0v) is 13.0. The van der Waals surface area contributed by atoms with E-state index in [0.29, 0.717) is 0 Å². The first-order valence-electron chi connectivity index (χ1n) is 7.01. The van der Waals surface area contributed by atoms with E-state index in [-0.39, 0.29) is 11.9 Å². The molecule has 1 aromatic carbocycles. The molecule has 0 radical (unpaired) electrons. The molecule has 4 heteroatoms. The Labute approximate surface area is 125 Å². The molecule has 0 spiro atoms. The van der Waals surface area contributed by atoms with Crippen molar-refractivity contribution in [2.24, 2.45) is 5.92 Å². The maximum absolute atomic E-state index is 12.8. The molecule has 0 saturated heterocycles. The summed E-state index contributed by atoms with van der Waals surface area (Å²) in [5, 5.41) is 0. The standard InChI is InChI=1S/C17H21N3O/c1-12(2)15(5)20(17(21)19-10-9-18-11-19)16-13(3)7-6-8-14(16)4/h6-12H,5H2,1-4H3. The molecule has 110 valence electrons. The number of para-hydroxylation sites is 1. The molecular formula is C17H21N3O. The van der Waals surface area contributed by atoms with Crippen LogP contribution in [0.3, 0.4) is 0 Å². The van der Waals surface area contributed by atoms with Gasteiger partial charge in [-0.3, -0.25) is 9.47 Å². The highest BCUT2D eigenvalue weighted by molar-refractivity contribution is 5.98. The fraction of sp³-hybridized carbons (Fsp3) is 0.294. The van der Waals surface area contributed by atoms with Crippen LogP contribution in [0.2, 0.25) is 0 Å². The lowest BCUT2D eigenvalue weighted by atomic mass is 10.0. The molecule has 0 atom stereocenters. The van der Waals surface area contributed by atoms with Gasteiger partial charge in [0.25, 0.3) is 0 Å². The number of carbonyl (C=O) groups excluding carboxylic acids is 1. The van der Waals surface area contributed by atoms with Crippen LogP contribution in [0.4, 0.5) is 10.5 Å². The van der Waals surface area contributed by atoms with Crippen LogP contribution in [0.15, 0.2) is 49.2 Å². The summed E-state index contributed by atoms with van der Waals surface area (Å²) in [6.45, 7) is 12.2. The van der Waals surface area contributed by atoms with Crippen molar-refractivity contribution in [1.82, 2.24) is 9.55 Å². The van der Waals surface area contributed by atoms with Crippen LogP contribution in [-0.4, -0.2) is 15.6 Å². The number of carbonyl (C=O) groups is 1. The van der Waals surface area contributed by atoms with E-state index in [1.165, 1.54) is 10.9 Å². The summed E-state index contributed by atoms with van der Waals surface area (Å²) < 4.78 is 1.47. The predicted molar refractivity (Wildman–Crippen MR) is 85.4 cm³/mol. The first kappa shape index (κ1) is 15.0. The van der Waals surface area contributed by atoms with E-state index in [1.54, 1.807) is 17.3 Å². The van der Waals surface area contributed by atoms with Crippen molar-refractivity contribution >= 4 is 11.7 Å². The Morgan fingerprint density at radius 2 is 1.90 bits per heavy atom. The fourth-order valence-electron chi connectivity index (χ4n) is 2.27. The Hall–Kier alpha value is -2.36. The third-order valence-corrected chi connectivity index (χ3v) is 3.53. The average Bonchev–Trinajstić information content (AvgIpc) is 2.95. The number of nitrogens with zero attached hydrogens (tertiary/aromatic N) is 3. The molecule has 0 saturated carbocycles. The van der Waals surface area contributed by atoms with Gasteiger partial charge >= 0.3 is 6.03 Å². The highest BCUT2D eigenvalue weighted by Crippen LogP contribution is 2.30. The van der Waals surface area contributed by atoms with Gasteiger partial charge in [-0.1, -0.05) is 38.6 Å². The van der Waals surface area contributed by atoms with Crippen molar-refractivity contribution in [2.75, 3.05) is 4.90 Å². The van der Waals surface area contributed by atoms with Crippen molar-refractivity contribution in [1.29, 1.82) is 0 Å². The molecule has 1 heterocycles. The number of aryl methyl sites for hydroxylation is 2. The average molecular weight is 283 g/mol. The van der Waals surface area contributed by atoms with Crippen LogP contribution in [0.25, 0.3) is 0 Å². The van der Waals surface area contributed by atoms with Gasteiger partial charge in [-0.25, -0.2) is 9.78 Å². The number of benzene rings is 1. The number of hydrogen-bond donors (Lipinski definition) is 0. The van der Waals surface area contributed by atoms with Gasteiger partial charge < -0.3 is 0 Å². The number of allylic oxidation sites excluding steroid dienone is 1. The Kier molecular flexibility index (Phi) is 4.26.